The Morgan fingerprint density at radius 3 is 1.54 bits per heavy atom. The summed E-state index contributed by atoms with van der Waals surface area (Å²) in [5.74, 6) is 1.63. The zero-order valence-electron chi connectivity index (χ0n) is 23.9. The molecular formula is C29H46N2O6. The molecule has 8 nitrogen and oxygen atoms in total. The number of methoxy groups -OCH3 is 2. The van der Waals surface area contributed by atoms with Crippen molar-refractivity contribution in [1.29, 1.82) is 0 Å². The highest BCUT2D eigenvalue weighted by Gasteiger charge is 2.18. The van der Waals surface area contributed by atoms with Gasteiger partial charge in [0.1, 0.15) is 30.3 Å². The molecule has 2 aromatic carbocycles. The number of amides is 1. The normalized spacial score (nSPS) is 14.3. The van der Waals surface area contributed by atoms with Crippen LogP contribution in [0.4, 0.5) is 4.79 Å². The minimum Gasteiger partial charge on any atom is -0.491 e. The zero-order chi connectivity index (χ0) is 28.0. The molecule has 3 N–H and O–H groups in total. The molecular weight excluding hydrogens is 472 g/mol. The first-order chi connectivity index (χ1) is 17.3. The average Bonchev–Trinajstić information content (AvgIpc) is 2.85. The fourth-order valence-electron chi connectivity index (χ4n) is 2.85. The van der Waals surface area contributed by atoms with Gasteiger partial charge < -0.3 is 34.7 Å². The number of hydrogen-bond donors (Lipinski definition) is 2. The number of nitrogens with one attached hydrogen (secondary N) is 1. The predicted octanol–water partition coefficient (Wildman–Crippen LogP) is 5.81. The highest BCUT2D eigenvalue weighted by atomic mass is 16.6. The molecule has 0 aliphatic carbocycles. The van der Waals surface area contributed by atoms with Crippen molar-refractivity contribution in [2.45, 2.75) is 78.4 Å². The number of ether oxygens (including phenoxy) is 5. The number of alkyl carbamates (subject to hydrolysis) is 1. The maximum Gasteiger partial charge on any atom is 0.408 e. The lowest BCUT2D eigenvalue weighted by atomic mass is 10.1. The summed E-state index contributed by atoms with van der Waals surface area (Å²) >= 11 is 0. The van der Waals surface area contributed by atoms with Crippen LogP contribution in [0, 0.1) is 0 Å². The Morgan fingerprint density at radius 2 is 1.19 bits per heavy atom. The van der Waals surface area contributed by atoms with Crippen molar-refractivity contribution >= 4 is 6.09 Å². The van der Waals surface area contributed by atoms with Crippen LogP contribution in [-0.2, 0) is 14.2 Å². The van der Waals surface area contributed by atoms with Crippen LogP contribution >= 0.6 is 0 Å². The van der Waals surface area contributed by atoms with Crippen molar-refractivity contribution in [2.24, 2.45) is 5.73 Å². The average molecular weight is 519 g/mol. The number of benzene rings is 2. The number of nitrogens with two attached hydrogens (primary N) is 1. The standard InChI is InChI=1S/C17H27NO4.C12H19NO2/c1-12(20-6)11-21-15-9-7-14(8-10-15)13(2)18-16(19)22-17(3,4)5;1-9(14-3)8-15-12-6-4-11(5-7-12)10(2)13/h7-10,12-13H,11H2,1-6H3,(H,18,19);4-7,9-10H,8,13H2,1-3H3/t12-,13?;9-,10?/m00/s1. The van der Waals surface area contributed by atoms with Gasteiger partial charge in [0, 0.05) is 20.3 Å². The van der Waals surface area contributed by atoms with E-state index >= 15 is 0 Å². The van der Waals surface area contributed by atoms with E-state index in [2.05, 4.69) is 5.32 Å². The maximum absolute atomic E-state index is 11.7. The van der Waals surface area contributed by atoms with Gasteiger partial charge in [-0.3, -0.25) is 0 Å². The Kier molecular flexibility index (Phi) is 14.0. The molecule has 0 radical (unpaired) electrons. The summed E-state index contributed by atoms with van der Waals surface area (Å²) in [6.07, 6.45) is -0.264. The molecule has 8 heteroatoms. The number of hydrogen-bond acceptors (Lipinski definition) is 7. The van der Waals surface area contributed by atoms with Gasteiger partial charge in [-0.05, 0) is 83.9 Å². The minimum absolute atomic E-state index is 0.0486. The van der Waals surface area contributed by atoms with E-state index in [-0.39, 0.29) is 24.3 Å². The highest BCUT2D eigenvalue weighted by Crippen LogP contribution is 2.19. The molecule has 2 aromatic rings. The lowest BCUT2D eigenvalue weighted by Crippen LogP contribution is -2.34. The number of rotatable bonds is 11. The third-order valence-corrected chi connectivity index (χ3v) is 5.29. The fourth-order valence-corrected chi connectivity index (χ4v) is 2.85. The molecule has 0 spiro atoms. The van der Waals surface area contributed by atoms with Crippen LogP contribution in [0.2, 0.25) is 0 Å². The predicted molar refractivity (Wildman–Crippen MR) is 147 cm³/mol. The topological polar surface area (TPSA) is 101 Å². The maximum atomic E-state index is 11.7. The number of carbonyl (C=O) groups excluding carboxylic acids is 1. The van der Waals surface area contributed by atoms with E-state index in [1.165, 1.54) is 0 Å². The van der Waals surface area contributed by atoms with E-state index < -0.39 is 11.7 Å². The summed E-state index contributed by atoms with van der Waals surface area (Å²) in [6, 6.07) is 15.4. The van der Waals surface area contributed by atoms with Gasteiger partial charge >= 0.3 is 6.09 Å². The van der Waals surface area contributed by atoms with Crippen molar-refractivity contribution in [3.8, 4) is 11.5 Å². The zero-order valence-corrected chi connectivity index (χ0v) is 23.9. The first-order valence-corrected chi connectivity index (χ1v) is 12.6. The molecule has 2 rings (SSSR count). The summed E-state index contributed by atoms with van der Waals surface area (Å²) in [5, 5.41) is 2.81. The Balaban J connectivity index is 0.000000397. The Bertz CT molecular complexity index is 894. The molecule has 1 amide bonds. The molecule has 0 saturated carbocycles. The molecule has 2 unspecified atom stereocenters. The molecule has 4 atom stereocenters. The van der Waals surface area contributed by atoms with Crippen molar-refractivity contribution < 1.29 is 28.5 Å². The largest absolute Gasteiger partial charge is 0.491 e. The van der Waals surface area contributed by atoms with E-state index in [4.69, 9.17) is 29.4 Å². The van der Waals surface area contributed by atoms with Crippen LogP contribution in [-0.4, -0.2) is 51.3 Å². The summed E-state index contributed by atoms with van der Waals surface area (Å²) in [4.78, 5) is 11.7. The van der Waals surface area contributed by atoms with Crippen LogP contribution in [0.15, 0.2) is 48.5 Å². The summed E-state index contributed by atoms with van der Waals surface area (Å²) < 4.78 is 26.6. The Hall–Kier alpha value is -2.81. The van der Waals surface area contributed by atoms with Gasteiger partial charge in [0.15, 0.2) is 0 Å². The second-order valence-corrected chi connectivity index (χ2v) is 10.0. The van der Waals surface area contributed by atoms with Crippen LogP contribution in [0.25, 0.3) is 0 Å². The van der Waals surface area contributed by atoms with E-state index in [1.54, 1.807) is 14.2 Å². The lowest BCUT2D eigenvalue weighted by Gasteiger charge is -2.22. The number of carbonyl (C=O) groups is 1. The van der Waals surface area contributed by atoms with E-state index in [0.717, 1.165) is 22.6 Å². The van der Waals surface area contributed by atoms with Crippen molar-refractivity contribution in [2.75, 3.05) is 27.4 Å². The smallest absolute Gasteiger partial charge is 0.408 e. The minimum atomic E-state index is -0.500. The van der Waals surface area contributed by atoms with Gasteiger partial charge in [-0.2, -0.15) is 0 Å². The second-order valence-electron chi connectivity index (χ2n) is 10.0. The van der Waals surface area contributed by atoms with E-state index in [9.17, 15) is 4.79 Å². The quantitative estimate of drug-likeness (QED) is 0.387. The molecule has 0 aliphatic heterocycles. The van der Waals surface area contributed by atoms with Gasteiger partial charge in [0.2, 0.25) is 0 Å². The molecule has 0 fully saturated rings. The van der Waals surface area contributed by atoms with Crippen molar-refractivity contribution in [1.82, 2.24) is 5.32 Å². The molecule has 37 heavy (non-hydrogen) atoms. The Morgan fingerprint density at radius 1 is 0.784 bits per heavy atom. The van der Waals surface area contributed by atoms with Gasteiger partial charge in [-0.25, -0.2) is 4.79 Å². The summed E-state index contributed by atoms with van der Waals surface area (Å²) in [7, 11) is 3.33. The van der Waals surface area contributed by atoms with E-state index in [0.29, 0.717) is 13.2 Å². The first kappa shape index (κ1) is 32.2. The first-order valence-electron chi connectivity index (χ1n) is 12.6. The third-order valence-electron chi connectivity index (χ3n) is 5.29. The van der Waals surface area contributed by atoms with E-state index in [1.807, 2.05) is 97.0 Å². The van der Waals surface area contributed by atoms with Gasteiger partial charge in [0.25, 0.3) is 0 Å². The third kappa shape index (κ3) is 13.9. The lowest BCUT2D eigenvalue weighted by molar-refractivity contribution is 0.0508. The molecule has 0 saturated heterocycles. The molecule has 208 valence electrons. The van der Waals surface area contributed by atoms with Crippen LogP contribution in [0.3, 0.4) is 0 Å². The highest BCUT2D eigenvalue weighted by molar-refractivity contribution is 5.68. The SMILES string of the molecule is CO[C@@H](C)COc1ccc(C(C)N)cc1.CO[C@@H](C)COc1ccc(C(C)NC(=O)OC(C)(C)C)cc1. The van der Waals surface area contributed by atoms with Crippen LogP contribution in [0.1, 0.15) is 71.7 Å². The van der Waals surface area contributed by atoms with Crippen LogP contribution < -0.4 is 20.5 Å². The van der Waals surface area contributed by atoms with Crippen LogP contribution in [0.5, 0.6) is 11.5 Å². The molecule has 0 heterocycles. The van der Waals surface area contributed by atoms with Gasteiger partial charge in [-0.1, -0.05) is 24.3 Å². The monoisotopic (exact) mass is 518 g/mol. The molecule has 0 aromatic heterocycles. The fraction of sp³-hybridized carbons (Fsp3) is 0.552. The van der Waals surface area contributed by atoms with Gasteiger partial charge in [-0.15, -0.1) is 0 Å². The second kappa shape index (κ2) is 16.1. The molecule has 0 aliphatic rings. The van der Waals surface area contributed by atoms with Crippen molar-refractivity contribution in [3.63, 3.8) is 0 Å². The summed E-state index contributed by atoms with van der Waals surface area (Å²) in [5.41, 5.74) is 7.34. The van der Waals surface area contributed by atoms with Crippen molar-refractivity contribution in [3.05, 3.63) is 59.7 Å². The van der Waals surface area contributed by atoms with Gasteiger partial charge in [0.05, 0.1) is 18.2 Å². The Labute approximate surface area is 222 Å². The summed E-state index contributed by atoms with van der Waals surface area (Å²) in [6.45, 7) is 14.4. The molecule has 0 bridgehead atoms.